The Bertz CT molecular complexity index is 953. The van der Waals surface area contributed by atoms with Gasteiger partial charge in [0.1, 0.15) is 5.75 Å². The second-order valence-corrected chi connectivity index (χ2v) is 9.20. The molecular weight excluding hydrogens is 470 g/mol. The maximum Gasteiger partial charge on any atom is 0.253 e. The van der Waals surface area contributed by atoms with Crippen molar-refractivity contribution < 1.29 is 18.8 Å². The highest BCUT2D eigenvalue weighted by atomic mass is 35.5. The Balaban J connectivity index is 0.00000342. The van der Waals surface area contributed by atoms with E-state index in [1.165, 1.54) is 19.3 Å². The number of carbonyl (C=O) groups excluding carboxylic acids is 2. The largest absolute Gasteiger partial charge is 0.497 e. The van der Waals surface area contributed by atoms with Crippen LogP contribution in [0.15, 0.2) is 28.8 Å². The average Bonchev–Trinajstić information content (AvgIpc) is 3.34. The van der Waals surface area contributed by atoms with E-state index >= 15 is 0 Å². The van der Waals surface area contributed by atoms with E-state index < -0.39 is 0 Å². The molecule has 4 rings (SSSR count). The van der Waals surface area contributed by atoms with Crippen LogP contribution >= 0.6 is 12.4 Å². The van der Waals surface area contributed by atoms with Crippen LogP contribution in [-0.4, -0.2) is 83.0 Å². The number of nitrogens with zero attached hydrogens (tertiary/aromatic N) is 5. The van der Waals surface area contributed by atoms with Crippen LogP contribution < -0.4 is 4.74 Å². The minimum Gasteiger partial charge on any atom is -0.497 e. The molecule has 0 atom stereocenters. The first-order valence-corrected chi connectivity index (χ1v) is 12.3. The van der Waals surface area contributed by atoms with Crippen LogP contribution in [-0.2, 0) is 17.8 Å². The molecule has 192 valence electrons. The van der Waals surface area contributed by atoms with E-state index in [0.717, 1.165) is 31.7 Å². The molecule has 1 saturated heterocycles. The molecule has 2 amide bonds. The predicted molar refractivity (Wildman–Crippen MR) is 134 cm³/mol. The van der Waals surface area contributed by atoms with Gasteiger partial charge in [0.05, 0.1) is 13.7 Å². The summed E-state index contributed by atoms with van der Waals surface area (Å²) in [5.41, 5.74) is 0.667. The lowest BCUT2D eigenvalue weighted by Gasteiger charge is -2.34. The second-order valence-electron chi connectivity index (χ2n) is 9.20. The van der Waals surface area contributed by atoms with Crippen molar-refractivity contribution in [3.63, 3.8) is 0 Å². The summed E-state index contributed by atoms with van der Waals surface area (Å²) in [6.45, 7) is 3.37. The van der Waals surface area contributed by atoms with Gasteiger partial charge >= 0.3 is 0 Å². The predicted octanol–water partition coefficient (Wildman–Crippen LogP) is 3.18. The van der Waals surface area contributed by atoms with Crippen molar-refractivity contribution in [2.45, 2.75) is 57.5 Å². The summed E-state index contributed by atoms with van der Waals surface area (Å²) in [4.78, 5) is 35.8. The van der Waals surface area contributed by atoms with Crippen LogP contribution in [0, 0.1) is 0 Å². The van der Waals surface area contributed by atoms with Crippen molar-refractivity contribution in [3.05, 3.63) is 41.5 Å². The van der Waals surface area contributed by atoms with Gasteiger partial charge in [0.2, 0.25) is 11.8 Å². The van der Waals surface area contributed by atoms with E-state index in [1.54, 1.807) is 31.4 Å². The van der Waals surface area contributed by atoms with E-state index in [-0.39, 0.29) is 24.2 Å². The molecule has 2 fully saturated rings. The highest BCUT2D eigenvalue weighted by Gasteiger charge is 2.24. The van der Waals surface area contributed by atoms with Crippen molar-refractivity contribution in [2.24, 2.45) is 0 Å². The molecule has 2 aliphatic rings. The van der Waals surface area contributed by atoms with Crippen LogP contribution in [0.3, 0.4) is 0 Å². The Morgan fingerprint density at radius 2 is 1.77 bits per heavy atom. The summed E-state index contributed by atoms with van der Waals surface area (Å²) in [6, 6.07) is 7.57. The molecule has 1 aliphatic heterocycles. The lowest BCUT2D eigenvalue weighted by molar-refractivity contribution is -0.132. The Kier molecular flexibility index (Phi) is 9.92. The Labute approximate surface area is 213 Å². The summed E-state index contributed by atoms with van der Waals surface area (Å²) < 4.78 is 10.5. The van der Waals surface area contributed by atoms with Crippen molar-refractivity contribution in [1.29, 1.82) is 0 Å². The molecule has 10 heteroatoms. The minimum atomic E-state index is 0. The lowest BCUT2D eigenvalue weighted by Crippen LogP contribution is -2.48. The van der Waals surface area contributed by atoms with Crippen molar-refractivity contribution in [1.82, 2.24) is 24.8 Å². The molecule has 1 aromatic heterocycles. The maximum atomic E-state index is 12.7. The molecule has 9 nitrogen and oxygen atoms in total. The Hall–Kier alpha value is -2.65. The van der Waals surface area contributed by atoms with Crippen LogP contribution in [0.5, 0.6) is 5.75 Å². The summed E-state index contributed by atoms with van der Waals surface area (Å²) in [6.07, 6.45) is 6.75. The summed E-state index contributed by atoms with van der Waals surface area (Å²) in [7, 11) is 3.52. The molecule has 0 N–H and O–H groups in total. The van der Waals surface area contributed by atoms with Crippen LogP contribution in [0.2, 0.25) is 0 Å². The van der Waals surface area contributed by atoms with Gasteiger partial charge in [0, 0.05) is 57.7 Å². The van der Waals surface area contributed by atoms with Gasteiger partial charge in [0.25, 0.3) is 5.91 Å². The molecule has 1 saturated carbocycles. The highest BCUT2D eigenvalue weighted by molar-refractivity contribution is 5.94. The third-order valence-corrected chi connectivity index (χ3v) is 6.94. The fourth-order valence-corrected chi connectivity index (χ4v) is 4.74. The first-order chi connectivity index (χ1) is 16.5. The molecule has 1 aromatic carbocycles. The number of amides is 2. The molecule has 2 aromatic rings. The number of rotatable bonds is 8. The summed E-state index contributed by atoms with van der Waals surface area (Å²) in [5.74, 6) is 2.05. The van der Waals surface area contributed by atoms with Crippen LogP contribution in [0.25, 0.3) is 0 Å². The standard InChI is InChI=1S/C25H35N5O4.ClH/c1-28(20-6-4-3-5-7-20)24(31)13-12-23-26-22(27-34-23)18-29-14-16-30(17-15-29)25(32)19-8-10-21(33-2)11-9-19;/h8-11,20H,3-7,12-18H2,1-2H3;1H. The van der Waals surface area contributed by atoms with Gasteiger partial charge in [-0.1, -0.05) is 24.4 Å². The number of carbonyl (C=O) groups is 2. The third-order valence-electron chi connectivity index (χ3n) is 6.94. The molecule has 2 heterocycles. The Morgan fingerprint density at radius 1 is 1.09 bits per heavy atom. The zero-order valence-corrected chi connectivity index (χ0v) is 21.5. The zero-order chi connectivity index (χ0) is 23.9. The molecule has 0 bridgehead atoms. The van der Waals surface area contributed by atoms with Gasteiger partial charge in [-0.3, -0.25) is 14.5 Å². The van der Waals surface area contributed by atoms with E-state index in [9.17, 15) is 9.59 Å². The first kappa shape index (κ1) is 26.9. The molecular formula is C25H36ClN5O4. The lowest BCUT2D eigenvalue weighted by atomic mass is 9.94. The monoisotopic (exact) mass is 505 g/mol. The SMILES string of the molecule is COc1ccc(C(=O)N2CCN(Cc3noc(CCC(=O)N(C)C4CCCCC4)n3)CC2)cc1.Cl. The number of halogens is 1. The normalized spacial score (nSPS) is 17.0. The molecule has 0 unspecified atom stereocenters. The van der Waals surface area contributed by atoms with E-state index in [0.29, 0.717) is 55.8 Å². The van der Waals surface area contributed by atoms with E-state index in [4.69, 9.17) is 9.26 Å². The van der Waals surface area contributed by atoms with Crippen molar-refractivity contribution in [2.75, 3.05) is 40.3 Å². The van der Waals surface area contributed by atoms with Gasteiger partial charge in [0.15, 0.2) is 5.82 Å². The number of aromatic nitrogens is 2. The maximum absolute atomic E-state index is 12.7. The quantitative estimate of drug-likeness (QED) is 0.544. The molecule has 0 radical (unpaired) electrons. The van der Waals surface area contributed by atoms with Gasteiger partial charge in [-0.05, 0) is 37.1 Å². The molecule has 1 aliphatic carbocycles. The number of aryl methyl sites for hydroxylation is 1. The molecule has 0 spiro atoms. The number of ether oxygens (including phenoxy) is 1. The fourth-order valence-electron chi connectivity index (χ4n) is 4.74. The Morgan fingerprint density at radius 3 is 2.43 bits per heavy atom. The first-order valence-electron chi connectivity index (χ1n) is 12.3. The molecule has 35 heavy (non-hydrogen) atoms. The number of benzene rings is 1. The van der Waals surface area contributed by atoms with Gasteiger partial charge < -0.3 is 19.1 Å². The van der Waals surface area contributed by atoms with Crippen LogP contribution in [0.4, 0.5) is 0 Å². The van der Waals surface area contributed by atoms with Gasteiger partial charge in [-0.15, -0.1) is 12.4 Å². The number of piperazine rings is 1. The average molecular weight is 506 g/mol. The smallest absolute Gasteiger partial charge is 0.253 e. The van der Waals surface area contributed by atoms with Gasteiger partial charge in [-0.25, -0.2) is 0 Å². The summed E-state index contributed by atoms with van der Waals surface area (Å²) >= 11 is 0. The van der Waals surface area contributed by atoms with Crippen LogP contribution in [0.1, 0.15) is 60.6 Å². The summed E-state index contributed by atoms with van der Waals surface area (Å²) in [5, 5.41) is 4.10. The fraction of sp³-hybridized carbons (Fsp3) is 0.600. The van der Waals surface area contributed by atoms with Crippen molar-refractivity contribution >= 4 is 24.2 Å². The zero-order valence-electron chi connectivity index (χ0n) is 20.6. The number of methoxy groups -OCH3 is 1. The van der Waals surface area contributed by atoms with E-state index in [2.05, 4.69) is 15.0 Å². The van der Waals surface area contributed by atoms with Gasteiger partial charge in [-0.2, -0.15) is 4.98 Å². The highest BCUT2D eigenvalue weighted by Crippen LogP contribution is 2.22. The topological polar surface area (TPSA) is 92.0 Å². The number of hydrogen-bond donors (Lipinski definition) is 0. The number of hydrogen-bond acceptors (Lipinski definition) is 7. The van der Waals surface area contributed by atoms with Crippen molar-refractivity contribution in [3.8, 4) is 5.75 Å². The van der Waals surface area contributed by atoms with E-state index in [1.807, 2.05) is 16.8 Å². The second kappa shape index (κ2) is 12.9. The third kappa shape index (κ3) is 7.18. The minimum absolute atomic E-state index is 0.